The second-order valence-corrected chi connectivity index (χ2v) is 10.4. The predicted molar refractivity (Wildman–Crippen MR) is 165 cm³/mol. The summed E-state index contributed by atoms with van der Waals surface area (Å²) in [6.45, 7) is 0.436. The van der Waals surface area contributed by atoms with Crippen LogP contribution in [0.5, 0.6) is 0 Å². The molecule has 1 amide bonds. The number of benzene rings is 4. The van der Waals surface area contributed by atoms with Gasteiger partial charge in [0, 0.05) is 39.8 Å². The molecular formula is C32H23BrN6O2. The number of aromatic nitrogens is 3. The highest BCUT2D eigenvalue weighted by atomic mass is 79.9. The van der Waals surface area contributed by atoms with Crippen molar-refractivity contribution in [3.8, 4) is 11.3 Å². The zero-order valence-electron chi connectivity index (χ0n) is 21.6. The molecule has 0 unspecified atom stereocenters. The van der Waals surface area contributed by atoms with Crippen molar-refractivity contribution in [2.24, 2.45) is 5.73 Å². The Bertz CT molecular complexity index is 2060. The Labute approximate surface area is 242 Å². The molecule has 0 fully saturated rings. The van der Waals surface area contributed by atoms with Crippen LogP contribution in [0.3, 0.4) is 0 Å². The number of carbonyl (C=O) groups excluding carboxylic acids is 1. The molecule has 0 aliphatic heterocycles. The molecule has 0 radical (unpaired) electrons. The summed E-state index contributed by atoms with van der Waals surface area (Å²) in [5, 5.41) is 12.9. The molecule has 7 aromatic rings. The van der Waals surface area contributed by atoms with E-state index in [-0.39, 0.29) is 5.91 Å². The highest BCUT2D eigenvalue weighted by Crippen LogP contribution is 2.36. The summed E-state index contributed by atoms with van der Waals surface area (Å²) >= 11 is 3.62. The highest BCUT2D eigenvalue weighted by Gasteiger charge is 2.17. The number of para-hydroxylation sites is 2. The molecule has 0 aliphatic carbocycles. The Morgan fingerprint density at radius 3 is 2.46 bits per heavy atom. The lowest BCUT2D eigenvalue weighted by Gasteiger charge is -2.12. The third kappa shape index (κ3) is 4.61. The van der Waals surface area contributed by atoms with Crippen LogP contribution >= 0.6 is 15.9 Å². The van der Waals surface area contributed by atoms with Gasteiger partial charge in [0.2, 0.25) is 5.95 Å². The second-order valence-electron chi connectivity index (χ2n) is 9.59. The standard InChI is InChI=1S/C32H23BrN6O2/c33-26-18-35-39-28(26)16-27(25-6-3-5-24-23-4-1-2-7-29(23)41-30(24)25)38-32(39)37-22-14-12-21(13-15-22)36-31(40)20-10-8-19(17-34)9-11-20/h1-16,18H,17,34H2,(H,36,40)(H,37,38). The van der Waals surface area contributed by atoms with Crippen LogP contribution < -0.4 is 16.4 Å². The van der Waals surface area contributed by atoms with Gasteiger partial charge in [-0.15, -0.1) is 0 Å². The quantitative estimate of drug-likeness (QED) is 0.182. The summed E-state index contributed by atoms with van der Waals surface area (Å²) in [7, 11) is 0. The summed E-state index contributed by atoms with van der Waals surface area (Å²) in [5.74, 6) is 0.347. The summed E-state index contributed by atoms with van der Waals surface area (Å²) in [6, 6.07) is 30.8. The monoisotopic (exact) mass is 602 g/mol. The van der Waals surface area contributed by atoms with Crippen molar-refractivity contribution in [3.63, 3.8) is 0 Å². The van der Waals surface area contributed by atoms with Gasteiger partial charge in [-0.2, -0.15) is 9.61 Å². The first kappa shape index (κ1) is 25.0. The van der Waals surface area contributed by atoms with Gasteiger partial charge in [-0.05, 0) is 76.1 Å². The smallest absolute Gasteiger partial charge is 0.255 e. The Morgan fingerprint density at radius 1 is 0.902 bits per heavy atom. The maximum absolute atomic E-state index is 12.7. The van der Waals surface area contributed by atoms with Crippen LogP contribution in [0.1, 0.15) is 15.9 Å². The minimum atomic E-state index is -0.188. The van der Waals surface area contributed by atoms with Crippen LogP contribution in [-0.2, 0) is 6.54 Å². The van der Waals surface area contributed by atoms with Gasteiger partial charge in [0.15, 0.2) is 0 Å². The van der Waals surface area contributed by atoms with Crippen LogP contribution in [0.25, 0.3) is 38.7 Å². The fourth-order valence-corrected chi connectivity index (χ4v) is 5.26. The van der Waals surface area contributed by atoms with E-state index in [1.807, 2.05) is 72.8 Å². The number of carbonyl (C=O) groups is 1. The van der Waals surface area contributed by atoms with Gasteiger partial charge in [-0.1, -0.05) is 42.5 Å². The first-order valence-electron chi connectivity index (χ1n) is 13.0. The van der Waals surface area contributed by atoms with Gasteiger partial charge in [0.25, 0.3) is 5.91 Å². The normalized spacial score (nSPS) is 11.4. The van der Waals surface area contributed by atoms with Gasteiger partial charge in [-0.25, -0.2) is 4.98 Å². The molecule has 4 aromatic carbocycles. The Hall–Kier alpha value is -4.99. The number of nitrogens with two attached hydrogens (primary N) is 1. The van der Waals surface area contributed by atoms with E-state index in [1.54, 1.807) is 22.8 Å². The Balaban J connectivity index is 1.21. The van der Waals surface area contributed by atoms with E-state index in [2.05, 4.69) is 43.8 Å². The maximum Gasteiger partial charge on any atom is 0.255 e. The largest absolute Gasteiger partial charge is 0.455 e. The topological polar surface area (TPSA) is 110 Å². The molecule has 0 aliphatic rings. The van der Waals surface area contributed by atoms with E-state index in [1.165, 1.54) is 0 Å². The molecule has 9 heteroatoms. The molecule has 0 saturated heterocycles. The van der Waals surface area contributed by atoms with Gasteiger partial charge < -0.3 is 20.8 Å². The number of nitrogens with zero attached hydrogens (tertiary/aromatic N) is 3. The number of hydrogen-bond donors (Lipinski definition) is 3. The molecule has 4 N–H and O–H groups in total. The molecule has 0 spiro atoms. The fraction of sp³-hybridized carbons (Fsp3) is 0.0312. The van der Waals surface area contributed by atoms with Crippen molar-refractivity contribution in [1.29, 1.82) is 0 Å². The van der Waals surface area contributed by atoms with Crippen LogP contribution in [-0.4, -0.2) is 20.5 Å². The van der Waals surface area contributed by atoms with Gasteiger partial charge in [-0.3, -0.25) is 4.79 Å². The summed E-state index contributed by atoms with van der Waals surface area (Å²) in [4.78, 5) is 17.6. The second kappa shape index (κ2) is 10.2. The highest BCUT2D eigenvalue weighted by molar-refractivity contribution is 9.10. The van der Waals surface area contributed by atoms with Crippen molar-refractivity contribution < 1.29 is 9.21 Å². The fourth-order valence-electron chi connectivity index (χ4n) is 4.89. The number of halogens is 1. The van der Waals surface area contributed by atoms with E-state index >= 15 is 0 Å². The number of hydrogen-bond acceptors (Lipinski definition) is 6. The average Bonchev–Trinajstić information content (AvgIpc) is 3.58. The van der Waals surface area contributed by atoms with Crippen molar-refractivity contribution in [1.82, 2.24) is 14.6 Å². The average molecular weight is 603 g/mol. The first-order valence-corrected chi connectivity index (χ1v) is 13.8. The molecule has 3 aromatic heterocycles. The van der Waals surface area contributed by atoms with Crippen molar-refractivity contribution in [3.05, 3.63) is 119 Å². The summed E-state index contributed by atoms with van der Waals surface area (Å²) in [6.07, 6.45) is 1.74. The molecular weight excluding hydrogens is 580 g/mol. The first-order chi connectivity index (χ1) is 20.1. The van der Waals surface area contributed by atoms with Crippen LogP contribution in [0.4, 0.5) is 17.3 Å². The molecule has 3 heterocycles. The van der Waals surface area contributed by atoms with Crippen LogP contribution in [0, 0.1) is 0 Å². The SMILES string of the molecule is NCc1ccc(C(=O)Nc2ccc(Nc3nc(-c4cccc5c4oc4ccccc45)cc4c(Br)cnn34)cc2)cc1. The van der Waals surface area contributed by atoms with Crippen LogP contribution in [0.15, 0.2) is 112 Å². The van der Waals surface area contributed by atoms with E-state index in [0.29, 0.717) is 23.7 Å². The van der Waals surface area contributed by atoms with E-state index in [0.717, 1.165) is 54.4 Å². The molecule has 7 rings (SSSR count). The predicted octanol–water partition coefficient (Wildman–Crippen LogP) is 7.51. The summed E-state index contributed by atoms with van der Waals surface area (Å²) in [5.41, 5.74) is 12.8. The van der Waals surface area contributed by atoms with Gasteiger partial charge in [0.05, 0.1) is 21.9 Å². The Kier molecular flexibility index (Phi) is 6.22. The molecule has 0 atom stereocenters. The Morgan fingerprint density at radius 2 is 1.66 bits per heavy atom. The number of anilines is 3. The molecule has 41 heavy (non-hydrogen) atoms. The number of fused-ring (bicyclic) bond motifs is 4. The van der Waals surface area contributed by atoms with E-state index < -0.39 is 0 Å². The molecule has 200 valence electrons. The minimum absolute atomic E-state index is 0.188. The van der Waals surface area contributed by atoms with Crippen molar-refractivity contribution >= 4 is 66.6 Å². The molecule has 0 bridgehead atoms. The van der Waals surface area contributed by atoms with E-state index in [4.69, 9.17) is 15.1 Å². The number of rotatable bonds is 6. The van der Waals surface area contributed by atoms with Gasteiger partial charge in [0.1, 0.15) is 11.2 Å². The lowest BCUT2D eigenvalue weighted by Crippen LogP contribution is -2.12. The van der Waals surface area contributed by atoms with Crippen molar-refractivity contribution in [2.45, 2.75) is 6.54 Å². The number of nitrogens with one attached hydrogen (secondary N) is 2. The van der Waals surface area contributed by atoms with Crippen LogP contribution in [0.2, 0.25) is 0 Å². The zero-order valence-corrected chi connectivity index (χ0v) is 23.2. The van der Waals surface area contributed by atoms with E-state index in [9.17, 15) is 4.79 Å². The number of furan rings is 1. The van der Waals surface area contributed by atoms with Gasteiger partial charge >= 0.3 is 0 Å². The third-order valence-corrected chi connectivity index (χ3v) is 7.60. The lowest BCUT2D eigenvalue weighted by molar-refractivity contribution is 0.102. The maximum atomic E-state index is 12.7. The third-order valence-electron chi connectivity index (χ3n) is 6.99. The lowest BCUT2D eigenvalue weighted by atomic mass is 10.1. The molecule has 0 saturated carbocycles. The number of amides is 1. The minimum Gasteiger partial charge on any atom is -0.455 e. The molecule has 8 nitrogen and oxygen atoms in total. The zero-order chi connectivity index (χ0) is 27.9. The summed E-state index contributed by atoms with van der Waals surface area (Å²) < 4.78 is 8.86. The van der Waals surface area contributed by atoms with Crippen molar-refractivity contribution in [2.75, 3.05) is 10.6 Å².